The monoisotopic (exact) mass is 420 g/mol. The first kappa shape index (κ1) is 22.9. The minimum atomic E-state index is 0.0868. The Hall–Kier alpha value is -3.78. The van der Waals surface area contributed by atoms with Crippen LogP contribution in [0.25, 0.3) is 0 Å². The highest BCUT2D eigenvalue weighted by Gasteiger charge is 2.11. The van der Waals surface area contributed by atoms with Crippen LogP contribution in [0.5, 0.6) is 0 Å². The Balaban J connectivity index is 0.000000181. The van der Waals surface area contributed by atoms with Crippen molar-refractivity contribution in [3.8, 4) is 0 Å². The molecule has 0 saturated heterocycles. The molecular formula is C30H28O2. The maximum atomic E-state index is 12.2. The predicted octanol–water partition coefficient (Wildman–Crippen LogP) is 7.07. The number of benzene rings is 4. The molecule has 0 amide bonds. The molecule has 4 aromatic rings. The van der Waals surface area contributed by atoms with Gasteiger partial charge in [0.25, 0.3) is 0 Å². The van der Waals surface area contributed by atoms with Crippen LogP contribution < -0.4 is 0 Å². The van der Waals surface area contributed by atoms with E-state index in [-0.39, 0.29) is 11.6 Å². The van der Waals surface area contributed by atoms with E-state index in [2.05, 4.69) is 0 Å². The molecule has 0 unspecified atom stereocenters. The first-order valence-electron chi connectivity index (χ1n) is 10.7. The number of hydrogen-bond donors (Lipinski definition) is 0. The summed E-state index contributed by atoms with van der Waals surface area (Å²) in [5.41, 5.74) is 7.55. The summed E-state index contributed by atoms with van der Waals surface area (Å²) in [6.07, 6.45) is 0. The van der Waals surface area contributed by atoms with Crippen molar-refractivity contribution in [1.29, 1.82) is 0 Å². The zero-order chi connectivity index (χ0) is 23.1. The van der Waals surface area contributed by atoms with E-state index in [0.29, 0.717) is 0 Å². The Morgan fingerprint density at radius 3 is 1.56 bits per heavy atom. The number of aryl methyl sites for hydroxylation is 4. The van der Waals surface area contributed by atoms with Crippen LogP contribution in [0.4, 0.5) is 0 Å². The lowest BCUT2D eigenvalue weighted by Crippen LogP contribution is -2.03. The SMILES string of the molecule is Cc1ccc(C(=O)c2ccccc2)cc1C.Cc1ccc(C)c(C(=O)c2ccccc2)c1. The summed E-state index contributed by atoms with van der Waals surface area (Å²) < 4.78 is 0. The first-order valence-corrected chi connectivity index (χ1v) is 10.7. The minimum Gasteiger partial charge on any atom is -0.289 e. The third-order valence-corrected chi connectivity index (χ3v) is 5.48. The van der Waals surface area contributed by atoms with Crippen molar-refractivity contribution in [3.05, 3.63) is 142 Å². The van der Waals surface area contributed by atoms with Gasteiger partial charge in [0, 0.05) is 22.3 Å². The molecule has 0 radical (unpaired) electrons. The lowest BCUT2D eigenvalue weighted by atomic mass is 9.97. The Bertz CT molecular complexity index is 1220. The van der Waals surface area contributed by atoms with Gasteiger partial charge in [0.15, 0.2) is 11.6 Å². The molecule has 0 heterocycles. The molecule has 0 spiro atoms. The minimum absolute atomic E-state index is 0.0868. The van der Waals surface area contributed by atoms with Crippen LogP contribution in [0.3, 0.4) is 0 Å². The van der Waals surface area contributed by atoms with E-state index >= 15 is 0 Å². The summed E-state index contributed by atoms with van der Waals surface area (Å²) in [6, 6.07) is 30.6. The predicted molar refractivity (Wildman–Crippen MR) is 132 cm³/mol. The summed E-state index contributed by atoms with van der Waals surface area (Å²) >= 11 is 0. The number of hydrogen-bond acceptors (Lipinski definition) is 2. The largest absolute Gasteiger partial charge is 0.289 e. The van der Waals surface area contributed by atoms with Crippen molar-refractivity contribution < 1.29 is 9.59 Å². The fourth-order valence-electron chi connectivity index (χ4n) is 3.36. The van der Waals surface area contributed by atoms with Gasteiger partial charge in [0.1, 0.15) is 0 Å². The smallest absolute Gasteiger partial charge is 0.193 e. The first-order chi connectivity index (χ1) is 15.4. The van der Waals surface area contributed by atoms with Gasteiger partial charge in [-0.3, -0.25) is 9.59 Å². The standard InChI is InChI=1S/2C15H14O/c1-11-8-9-14(10-12(11)2)15(16)13-6-4-3-5-7-13;1-11-8-9-12(2)14(10-11)15(16)13-6-4-3-5-7-13/h2*3-10H,1-2H3. The highest BCUT2D eigenvalue weighted by atomic mass is 16.1. The van der Waals surface area contributed by atoms with Crippen LogP contribution in [0, 0.1) is 27.7 Å². The highest BCUT2D eigenvalue weighted by Crippen LogP contribution is 2.16. The lowest BCUT2D eigenvalue weighted by Gasteiger charge is -2.06. The van der Waals surface area contributed by atoms with Crippen molar-refractivity contribution in [1.82, 2.24) is 0 Å². The molecule has 0 aliphatic rings. The molecule has 0 bridgehead atoms. The van der Waals surface area contributed by atoms with Crippen LogP contribution >= 0.6 is 0 Å². The fraction of sp³-hybridized carbons (Fsp3) is 0.133. The van der Waals surface area contributed by atoms with Crippen LogP contribution in [-0.2, 0) is 0 Å². The number of carbonyl (C=O) groups excluding carboxylic acids is 2. The molecule has 0 N–H and O–H groups in total. The van der Waals surface area contributed by atoms with Crippen LogP contribution in [0.15, 0.2) is 97.1 Å². The van der Waals surface area contributed by atoms with Crippen molar-refractivity contribution >= 4 is 11.6 Å². The van der Waals surface area contributed by atoms with E-state index in [1.165, 1.54) is 5.56 Å². The Kier molecular flexibility index (Phi) is 7.51. The number of carbonyl (C=O) groups is 2. The Morgan fingerprint density at radius 1 is 0.469 bits per heavy atom. The van der Waals surface area contributed by atoms with Gasteiger partial charge >= 0.3 is 0 Å². The van der Waals surface area contributed by atoms with Crippen molar-refractivity contribution in [2.75, 3.05) is 0 Å². The molecule has 160 valence electrons. The van der Waals surface area contributed by atoms with E-state index in [4.69, 9.17) is 0 Å². The molecule has 4 aromatic carbocycles. The maximum absolute atomic E-state index is 12.2. The van der Waals surface area contributed by atoms with Crippen molar-refractivity contribution in [3.63, 3.8) is 0 Å². The molecule has 0 saturated carbocycles. The van der Waals surface area contributed by atoms with E-state index < -0.39 is 0 Å². The molecule has 0 aliphatic heterocycles. The molecule has 4 rings (SSSR count). The second kappa shape index (κ2) is 10.5. The number of rotatable bonds is 4. The van der Waals surface area contributed by atoms with Crippen molar-refractivity contribution in [2.45, 2.75) is 27.7 Å². The average molecular weight is 421 g/mol. The molecule has 0 fully saturated rings. The summed E-state index contributed by atoms with van der Waals surface area (Å²) in [4.78, 5) is 24.3. The van der Waals surface area contributed by atoms with Crippen LogP contribution in [-0.4, -0.2) is 11.6 Å². The lowest BCUT2D eigenvalue weighted by molar-refractivity contribution is 0.103. The molecule has 2 nitrogen and oxygen atoms in total. The highest BCUT2D eigenvalue weighted by molar-refractivity contribution is 6.10. The van der Waals surface area contributed by atoms with E-state index in [0.717, 1.165) is 38.9 Å². The van der Waals surface area contributed by atoms with Gasteiger partial charge in [-0.05, 0) is 56.5 Å². The molecular weight excluding hydrogens is 392 g/mol. The van der Waals surface area contributed by atoms with Crippen molar-refractivity contribution in [2.24, 2.45) is 0 Å². The van der Waals surface area contributed by atoms with E-state index in [1.54, 1.807) is 0 Å². The normalized spacial score (nSPS) is 10.1. The van der Waals surface area contributed by atoms with E-state index in [9.17, 15) is 9.59 Å². The van der Waals surface area contributed by atoms with Gasteiger partial charge in [-0.1, -0.05) is 90.5 Å². The third kappa shape index (κ3) is 5.67. The second-order valence-electron chi connectivity index (χ2n) is 8.01. The summed E-state index contributed by atoms with van der Waals surface area (Å²) in [5, 5.41) is 0. The maximum Gasteiger partial charge on any atom is 0.193 e. The van der Waals surface area contributed by atoms with Crippen LogP contribution in [0.2, 0.25) is 0 Å². The van der Waals surface area contributed by atoms with Gasteiger partial charge in [-0.2, -0.15) is 0 Å². The molecule has 0 aromatic heterocycles. The summed E-state index contributed by atoms with van der Waals surface area (Å²) in [7, 11) is 0. The molecule has 0 atom stereocenters. The zero-order valence-corrected chi connectivity index (χ0v) is 19.1. The van der Waals surface area contributed by atoms with Gasteiger partial charge in [-0.15, -0.1) is 0 Å². The van der Waals surface area contributed by atoms with Crippen LogP contribution in [0.1, 0.15) is 54.1 Å². The Morgan fingerprint density at radius 2 is 1.00 bits per heavy atom. The topological polar surface area (TPSA) is 34.1 Å². The average Bonchev–Trinajstić information content (AvgIpc) is 2.83. The quantitative estimate of drug-likeness (QED) is 0.331. The second-order valence-corrected chi connectivity index (χ2v) is 8.01. The van der Waals surface area contributed by atoms with Gasteiger partial charge in [-0.25, -0.2) is 0 Å². The Labute approximate surface area is 190 Å². The summed E-state index contributed by atoms with van der Waals surface area (Å²) in [6.45, 7) is 8.04. The molecule has 0 aliphatic carbocycles. The number of ketones is 2. The van der Waals surface area contributed by atoms with Gasteiger partial charge in [0.05, 0.1) is 0 Å². The summed E-state index contributed by atoms with van der Waals surface area (Å²) in [5.74, 6) is 0.186. The molecule has 32 heavy (non-hydrogen) atoms. The third-order valence-electron chi connectivity index (χ3n) is 5.48. The fourth-order valence-corrected chi connectivity index (χ4v) is 3.36. The zero-order valence-electron chi connectivity index (χ0n) is 19.1. The van der Waals surface area contributed by atoms with E-state index in [1.807, 2.05) is 125 Å². The van der Waals surface area contributed by atoms with Gasteiger partial charge < -0.3 is 0 Å². The van der Waals surface area contributed by atoms with Gasteiger partial charge in [0.2, 0.25) is 0 Å². The molecule has 2 heteroatoms.